The van der Waals surface area contributed by atoms with Crippen LogP contribution in [0.5, 0.6) is 0 Å². The maximum Gasteiger partial charge on any atom is 0.170 e. The Labute approximate surface area is 158 Å². The largest absolute Gasteiger partial charge is 0.388 e. The van der Waals surface area contributed by atoms with Crippen molar-refractivity contribution >= 4 is 17.4 Å². The molecule has 0 spiro atoms. The minimum absolute atomic E-state index is 0.0647. The second-order valence-electron chi connectivity index (χ2n) is 6.75. The molecule has 0 unspecified atom stereocenters. The van der Waals surface area contributed by atoms with Gasteiger partial charge >= 0.3 is 0 Å². The van der Waals surface area contributed by atoms with E-state index in [4.69, 9.17) is 11.6 Å². The lowest BCUT2D eigenvalue weighted by Gasteiger charge is -2.36. The molecule has 0 fully saturated rings. The maximum atomic E-state index is 13.4. The van der Waals surface area contributed by atoms with Crippen LogP contribution in [-0.4, -0.2) is 10.9 Å². The highest BCUT2D eigenvalue weighted by Crippen LogP contribution is 2.47. The number of Topliss-reactive ketones (excluding diaryl/α,β-unsaturated/α-hetero) is 1. The molecule has 0 radical (unpaired) electrons. The zero-order chi connectivity index (χ0) is 18.1. The molecule has 0 bridgehead atoms. The highest BCUT2D eigenvalue weighted by atomic mass is 35.5. The second kappa shape index (κ2) is 7.06. The third-order valence-corrected chi connectivity index (χ3v) is 5.46. The lowest BCUT2D eigenvalue weighted by molar-refractivity contribution is 0.0892. The van der Waals surface area contributed by atoms with Gasteiger partial charge in [-0.25, -0.2) is 0 Å². The predicted molar refractivity (Wildman–Crippen MR) is 104 cm³/mol. The van der Waals surface area contributed by atoms with Crippen LogP contribution in [0.3, 0.4) is 0 Å². The molecule has 3 atom stereocenters. The molecule has 1 N–H and O–H groups in total. The standard InChI is InChI=1S/C23H19ClO2/c24-17-12-10-16(11-13-17)23(26)22-19-9-5-4-8-18(19)21(25)14-20(22)15-6-2-1-3-7-15/h1-13,20-22,25H,14H2/t20-,21+,22+/m0/s1. The van der Waals surface area contributed by atoms with Crippen molar-refractivity contribution in [2.75, 3.05) is 0 Å². The number of ketones is 1. The minimum atomic E-state index is -0.564. The molecule has 3 heteroatoms. The number of aliphatic hydroxyl groups is 1. The molecule has 130 valence electrons. The van der Waals surface area contributed by atoms with Crippen molar-refractivity contribution in [1.29, 1.82) is 0 Å². The highest BCUT2D eigenvalue weighted by Gasteiger charge is 2.39. The van der Waals surface area contributed by atoms with E-state index in [1.54, 1.807) is 24.3 Å². The van der Waals surface area contributed by atoms with Gasteiger partial charge in [0, 0.05) is 16.5 Å². The van der Waals surface area contributed by atoms with Gasteiger partial charge in [0.05, 0.1) is 12.0 Å². The SMILES string of the molecule is O=C(c1ccc(Cl)cc1)[C@@H]1c2ccccc2[C@H](O)C[C@H]1c1ccccc1. The van der Waals surface area contributed by atoms with E-state index in [2.05, 4.69) is 0 Å². The normalized spacial score (nSPS) is 21.8. The topological polar surface area (TPSA) is 37.3 Å². The van der Waals surface area contributed by atoms with Crippen molar-refractivity contribution in [3.63, 3.8) is 0 Å². The first-order valence-corrected chi connectivity index (χ1v) is 9.14. The average molecular weight is 363 g/mol. The van der Waals surface area contributed by atoms with Gasteiger partial charge in [0.1, 0.15) is 0 Å². The van der Waals surface area contributed by atoms with Crippen LogP contribution in [0.4, 0.5) is 0 Å². The van der Waals surface area contributed by atoms with Gasteiger partial charge in [-0.15, -0.1) is 0 Å². The fraction of sp³-hybridized carbons (Fsp3) is 0.174. The van der Waals surface area contributed by atoms with E-state index in [0.717, 1.165) is 16.7 Å². The number of aliphatic hydroxyl groups excluding tert-OH is 1. The van der Waals surface area contributed by atoms with Crippen molar-refractivity contribution < 1.29 is 9.90 Å². The van der Waals surface area contributed by atoms with Gasteiger partial charge in [-0.1, -0.05) is 66.2 Å². The average Bonchev–Trinajstić information content (AvgIpc) is 2.69. The van der Waals surface area contributed by atoms with Gasteiger partial charge in [-0.05, 0) is 47.4 Å². The smallest absolute Gasteiger partial charge is 0.170 e. The molecule has 1 aliphatic rings. The summed E-state index contributed by atoms with van der Waals surface area (Å²) in [6.45, 7) is 0. The number of carbonyl (C=O) groups is 1. The molecular weight excluding hydrogens is 344 g/mol. The van der Waals surface area contributed by atoms with Crippen LogP contribution in [0.1, 0.15) is 51.4 Å². The number of benzene rings is 3. The van der Waals surface area contributed by atoms with E-state index in [1.165, 1.54) is 0 Å². The summed E-state index contributed by atoms with van der Waals surface area (Å²) in [5.74, 6) is -0.322. The number of hydrogen-bond donors (Lipinski definition) is 1. The summed E-state index contributed by atoms with van der Waals surface area (Å²) in [5.41, 5.74) is 3.49. The van der Waals surface area contributed by atoms with Crippen molar-refractivity contribution in [1.82, 2.24) is 0 Å². The van der Waals surface area contributed by atoms with Gasteiger partial charge in [0.2, 0.25) is 0 Å². The summed E-state index contributed by atoms with van der Waals surface area (Å²) in [5, 5.41) is 11.3. The van der Waals surface area contributed by atoms with Crippen LogP contribution in [-0.2, 0) is 0 Å². The summed E-state index contributed by atoms with van der Waals surface area (Å²) in [4.78, 5) is 13.4. The lowest BCUT2D eigenvalue weighted by atomic mass is 9.68. The Kier molecular flexibility index (Phi) is 4.62. The van der Waals surface area contributed by atoms with E-state index < -0.39 is 6.10 Å². The third-order valence-electron chi connectivity index (χ3n) is 5.21. The molecule has 1 aliphatic carbocycles. The fourth-order valence-electron chi connectivity index (χ4n) is 3.96. The predicted octanol–water partition coefficient (Wildman–Crippen LogP) is 5.53. The summed E-state index contributed by atoms with van der Waals surface area (Å²) >= 11 is 5.98. The highest BCUT2D eigenvalue weighted by molar-refractivity contribution is 6.30. The van der Waals surface area contributed by atoms with Crippen LogP contribution < -0.4 is 0 Å². The first-order valence-electron chi connectivity index (χ1n) is 8.77. The van der Waals surface area contributed by atoms with E-state index >= 15 is 0 Å². The lowest BCUT2D eigenvalue weighted by Crippen LogP contribution is -2.28. The molecule has 0 aliphatic heterocycles. The first kappa shape index (κ1) is 17.0. The summed E-state index contributed by atoms with van der Waals surface area (Å²) in [6, 6.07) is 24.8. The Morgan fingerprint density at radius 3 is 2.15 bits per heavy atom. The van der Waals surface area contributed by atoms with E-state index in [9.17, 15) is 9.90 Å². The molecule has 4 rings (SSSR count). The van der Waals surface area contributed by atoms with Gasteiger partial charge in [0.15, 0.2) is 5.78 Å². The molecule has 2 nitrogen and oxygen atoms in total. The number of fused-ring (bicyclic) bond motifs is 1. The van der Waals surface area contributed by atoms with Gasteiger partial charge in [0.25, 0.3) is 0 Å². The molecule has 0 saturated carbocycles. The Balaban J connectivity index is 1.84. The van der Waals surface area contributed by atoms with Gasteiger partial charge in [-0.2, -0.15) is 0 Å². The second-order valence-corrected chi connectivity index (χ2v) is 7.18. The Hall–Kier alpha value is -2.42. The van der Waals surface area contributed by atoms with Crippen LogP contribution in [0.15, 0.2) is 78.9 Å². The van der Waals surface area contributed by atoms with Crippen LogP contribution >= 0.6 is 11.6 Å². The van der Waals surface area contributed by atoms with E-state index in [0.29, 0.717) is 17.0 Å². The van der Waals surface area contributed by atoms with Crippen LogP contribution in [0, 0.1) is 0 Å². The summed E-state index contributed by atoms with van der Waals surface area (Å²) in [6.07, 6.45) is -0.0314. The number of rotatable bonds is 3. The summed E-state index contributed by atoms with van der Waals surface area (Å²) < 4.78 is 0. The number of carbonyl (C=O) groups excluding carboxylic acids is 1. The van der Waals surface area contributed by atoms with Crippen molar-refractivity contribution in [3.8, 4) is 0 Å². The Bertz CT molecular complexity index is 918. The van der Waals surface area contributed by atoms with Gasteiger partial charge in [-0.3, -0.25) is 4.79 Å². The van der Waals surface area contributed by atoms with Crippen molar-refractivity contribution in [2.24, 2.45) is 0 Å². The third kappa shape index (κ3) is 3.07. The number of hydrogen-bond acceptors (Lipinski definition) is 2. The molecule has 0 saturated heterocycles. The molecule has 3 aromatic carbocycles. The molecule has 0 heterocycles. The zero-order valence-corrected chi connectivity index (χ0v) is 14.9. The minimum Gasteiger partial charge on any atom is -0.388 e. The Morgan fingerprint density at radius 2 is 1.46 bits per heavy atom. The summed E-state index contributed by atoms with van der Waals surface area (Å²) in [7, 11) is 0. The molecule has 3 aromatic rings. The number of halogens is 1. The Morgan fingerprint density at radius 1 is 0.846 bits per heavy atom. The molecular formula is C23H19ClO2. The van der Waals surface area contributed by atoms with Crippen LogP contribution in [0.25, 0.3) is 0 Å². The fourth-order valence-corrected chi connectivity index (χ4v) is 4.09. The zero-order valence-electron chi connectivity index (χ0n) is 14.2. The monoisotopic (exact) mass is 362 g/mol. The maximum absolute atomic E-state index is 13.4. The van der Waals surface area contributed by atoms with Crippen molar-refractivity contribution in [2.45, 2.75) is 24.4 Å². The first-order chi connectivity index (χ1) is 12.6. The van der Waals surface area contributed by atoms with Crippen LogP contribution in [0.2, 0.25) is 5.02 Å². The molecule has 0 amide bonds. The molecule has 26 heavy (non-hydrogen) atoms. The quantitative estimate of drug-likeness (QED) is 0.622. The van der Waals surface area contributed by atoms with E-state index in [-0.39, 0.29) is 17.6 Å². The van der Waals surface area contributed by atoms with Crippen molar-refractivity contribution in [3.05, 3.63) is 106 Å². The van der Waals surface area contributed by atoms with E-state index in [1.807, 2.05) is 54.6 Å². The molecule has 0 aromatic heterocycles. The van der Waals surface area contributed by atoms with Gasteiger partial charge < -0.3 is 5.11 Å².